The third-order valence-electron chi connectivity index (χ3n) is 4.28. The van der Waals surface area contributed by atoms with Gasteiger partial charge in [-0.05, 0) is 37.0 Å². The van der Waals surface area contributed by atoms with E-state index in [4.69, 9.17) is 9.72 Å². The molecule has 1 unspecified atom stereocenters. The van der Waals surface area contributed by atoms with E-state index in [1.807, 2.05) is 18.2 Å². The van der Waals surface area contributed by atoms with Crippen LogP contribution in [0.1, 0.15) is 35.9 Å². The van der Waals surface area contributed by atoms with Crippen LogP contribution in [0.2, 0.25) is 0 Å². The quantitative estimate of drug-likeness (QED) is 0.863. The van der Waals surface area contributed by atoms with Gasteiger partial charge in [-0.25, -0.2) is 4.98 Å². The first-order valence-corrected chi connectivity index (χ1v) is 7.95. The molecule has 0 bridgehead atoms. The molecular weight excluding hydrogens is 278 g/mol. The highest BCUT2D eigenvalue weighted by Crippen LogP contribution is 2.25. The Kier molecular flexibility index (Phi) is 4.43. The maximum Gasteiger partial charge on any atom is 0.251 e. The molecule has 3 rings (SSSR count). The first kappa shape index (κ1) is 15.0. The van der Waals surface area contributed by atoms with E-state index in [9.17, 15) is 4.79 Å². The average Bonchev–Trinajstić information content (AvgIpc) is 2.87. The number of carbonyl (C=O) groups is 1. The fourth-order valence-corrected chi connectivity index (χ4v) is 3.01. The summed E-state index contributed by atoms with van der Waals surface area (Å²) in [5.41, 5.74) is 2.74. The van der Waals surface area contributed by atoms with Gasteiger partial charge < -0.3 is 14.6 Å². The molecule has 1 N–H and O–H groups in total. The number of aryl methyl sites for hydroxylation is 1. The lowest BCUT2D eigenvalue weighted by Crippen LogP contribution is -2.25. The molecule has 0 radical (unpaired) electrons. The number of hydrogen-bond acceptors (Lipinski definition) is 3. The van der Waals surface area contributed by atoms with Crippen LogP contribution in [0.5, 0.6) is 0 Å². The summed E-state index contributed by atoms with van der Waals surface area (Å²) in [5.74, 6) is 1.79. The lowest BCUT2D eigenvalue weighted by Gasteiger charge is -2.19. The minimum absolute atomic E-state index is 0.0441. The van der Waals surface area contributed by atoms with Crippen molar-refractivity contribution < 1.29 is 9.53 Å². The molecule has 1 aromatic carbocycles. The van der Waals surface area contributed by atoms with Gasteiger partial charge >= 0.3 is 0 Å². The summed E-state index contributed by atoms with van der Waals surface area (Å²) in [5, 5.41) is 2.91. The Morgan fingerprint density at radius 1 is 1.50 bits per heavy atom. The zero-order valence-electron chi connectivity index (χ0n) is 13.3. The highest BCUT2D eigenvalue weighted by atomic mass is 16.5. The lowest BCUT2D eigenvalue weighted by molar-refractivity contribution is 0.0948. The fourth-order valence-electron chi connectivity index (χ4n) is 3.01. The van der Waals surface area contributed by atoms with Gasteiger partial charge in [-0.2, -0.15) is 0 Å². The van der Waals surface area contributed by atoms with Gasteiger partial charge in [0.05, 0.1) is 11.0 Å². The van der Waals surface area contributed by atoms with Gasteiger partial charge in [0.2, 0.25) is 0 Å². The molecule has 2 heterocycles. The van der Waals surface area contributed by atoms with Gasteiger partial charge in [0, 0.05) is 38.8 Å². The highest BCUT2D eigenvalue weighted by molar-refractivity contribution is 5.97. The standard InChI is InChI=1S/C17H23N3O2/c1-12-6-8-20-15-5-4-13(11-14(15)19-16(20)10-12)17(21)18-7-3-9-22-2/h4-5,11-12H,3,6-10H2,1-2H3,(H,18,21). The second kappa shape index (κ2) is 6.48. The second-order valence-corrected chi connectivity index (χ2v) is 6.08. The van der Waals surface area contributed by atoms with Crippen LogP contribution in [0.3, 0.4) is 0 Å². The van der Waals surface area contributed by atoms with Gasteiger partial charge in [0.15, 0.2) is 0 Å². The van der Waals surface area contributed by atoms with Crippen LogP contribution in [0.4, 0.5) is 0 Å². The number of fused-ring (bicyclic) bond motifs is 3. The predicted octanol–water partition coefficient (Wildman–Crippen LogP) is 2.38. The van der Waals surface area contributed by atoms with E-state index >= 15 is 0 Å². The van der Waals surface area contributed by atoms with Crippen molar-refractivity contribution >= 4 is 16.9 Å². The number of hydrogen-bond donors (Lipinski definition) is 1. The second-order valence-electron chi connectivity index (χ2n) is 6.08. The summed E-state index contributed by atoms with van der Waals surface area (Å²) < 4.78 is 7.27. The summed E-state index contributed by atoms with van der Waals surface area (Å²) in [7, 11) is 1.66. The molecule has 0 saturated carbocycles. The van der Waals surface area contributed by atoms with E-state index in [0.717, 1.165) is 36.2 Å². The molecule has 1 atom stereocenters. The number of imidazole rings is 1. The smallest absolute Gasteiger partial charge is 0.251 e. The molecule has 5 nitrogen and oxygen atoms in total. The molecule has 118 valence electrons. The minimum atomic E-state index is -0.0441. The molecule has 0 spiro atoms. The molecule has 22 heavy (non-hydrogen) atoms. The molecule has 1 aliphatic rings. The van der Waals surface area contributed by atoms with Crippen molar-refractivity contribution in [1.29, 1.82) is 0 Å². The molecular formula is C17H23N3O2. The van der Waals surface area contributed by atoms with E-state index in [0.29, 0.717) is 24.6 Å². The topological polar surface area (TPSA) is 56.1 Å². The number of rotatable bonds is 5. The van der Waals surface area contributed by atoms with Crippen molar-refractivity contribution in [3.8, 4) is 0 Å². The van der Waals surface area contributed by atoms with Crippen molar-refractivity contribution in [2.24, 2.45) is 5.92 Å². The van der Waals surface area contributed by atoms with Crippen LogP contribution < -0.4 is 5.32 Å². The van der Waals surface area contributed by atoms with Crippen molar-refractivity contribution in [2.45, 2.75) is 32.7 Å². The Labute approximate surface area is 130 Å². The van der Waals surface area contributed by atoms with E-state index in [-0.39, 0.29) is 5.91 Å². The minimum Gasteiger partial charge on any atom is -0.385 e. The van der Waals surface area contributed by atoms with Crippen LogP contribution in [0.25, 0.3) is 11.0 Å². The van der Waals surface area contributed by atoms with Gasteiger partial charge in [-0.3, -0.25) is 4.79 Å². The lowest BCUT2D eigenvalue weighted by atomic mass is 10.0. The van der Waals surface area contributed by atoms with Crippen LogP contribution in [-0.4, -0.2) is 35.7 Å². The molecule has 0 fully saturated rings. The summed E-state index contributed by atoms with van der Waals surface area (Å²) in [4.78, 5) is 16.9. The summed E-state index contributed by atoms with van der Waals surface area (Å²) in [6.07, 6.45) is 3.04. The summed E-state index contributed by atoms with van der Waals surface area (Å²) in [6.45, 7) is 4.57. The zero-order valence-corrected chi connectivity index (χ0v) is 13.3. The maximum atomic E-state index is 12.2. The van der Waals surface area contributed by atoms with Crippen molar-refractivity contribution in [2.75, 3.05) is 20.3 Å². The van der Waals surface area contributed by atoms with Crippen LogP contribution in [0.15, 0.2) is 18.2 Å². The molecule has 0 saturated heterocycles. The SMILES string of the molecule is COCCCNC(=O)c1ccc2c(c1)nc1n2CCC(C)C1. The third-order valence-corrected chi connectivity index (χ3v) is 4.28. The average molecular weight is 301 g/mol. The Morgan fingerprint density at radius 3 is 3.18 bits per heavy atom. The van der Waals surface area contributed by atoms with Gasteiger partial charge in [0.25, 0.3) is 5.91 Å². The van der Waals surface area contributed by atoms with Crippen LogP contribution >= 0.6 is 0 Å². The largest absolute Gasteiger partial charge is 0.385 e. The molecule has 0 aliphatic carbocycles. The predicted molar refractivity (Wildman–Crippen MR) is 86.0 cm³/mol. The fraction of sp³-hybridized carbons (Fsp3) is 0.529. The van der Waals surface area contributed by atoms with Gasteiger partial charge in [-0.1, -0.05) is 6.92 Å². The molecule has 1 aliphatic heterocycles. The number of nitrogens with one attached hydrogen (secondary N) is 1. The first-order chi connectivity index (χ1) is 10.7. The first-order valence-electron chi connectivity index (χ1n) is 7.95. The monoisotopic (exact) mass is 301 g/mol. The maximum absolute atomic E-state index is 12.2. The summed E-state index contributed by atoms with van der Waals surface area (Å²) >= 11 is 0. The number of methoxy groups -OCH3 is 1. The number of carbonyl (C=O) groups excluding carboxylic acids is 1. The molecule has 2 aromatic rings. The van der Waals surface area contributed by atoms with Gasteiger partial charge in [0.1, 0.15) is 5.82 Å². The number of ether oxygens (including phenoxy) is 1. The third kappa shape index (κ3) is 2.99. The Morgan fingerprint density at radius 2 is 2.36 bits per heavy atom. The number of nitrogens with zero attached hydrogens (tertiary/aromatic N) is 2. The molecule has 5 heteroatoms. The van der Waals surface area contributed by atoms with Crippen molar-refractivity contribution in [1.82, 2.24) is 14.9 Å². The number of aromatic nitrogens is 2. The zero-order chi connectivity index (χ0) is 15.5. The van der Waals surface area contributed by atoms with Gasteiger partial charge in [-0.15, -0.1) is 0 Å². The van der Waals surface area contributed by atoms with E-state index in [1.165, 1.54) is 6.42 Å². The van der Waals surface area contributed by atoms with E-state index in [1.54, 1.807) is 7.11 Å². The molecule has 1 aromatic heterocycles. The number of amides is 1. The van der Waals surface area contributed by atoms with E-state index < -0.39 is 0 Å². The Hall–Kier alpha value is -1.88. The van der Waals surface area contributed by atoms with E-state index in [2.05, 4.69) is 16.8 Å². The summed E-state index contributed by atoms with van der Waals surface area (Å²) in [6, 6.07) is 5.81. The number of benzene rings is 1. The highest BCUT2D eigenvalue weighted by Gasteiger charge is 2.19. The van der Waals surface area contributed by atoms with Crippen LogP contribution in [0, 0.1) is 5.92 Å². The van der Waals surface area contributed by atoms with Crippen molar-refractivity contribution in [3.05, 3.63) is 29.6 Å². The van der Waals surface area contributed by atoms with Crippen molar-refractivity contribution in [3.63, 3.8) is 0 Å². The molecule has 1 amide bonds. The normalized spacial score (nSPS) is 17.5. The Bertz CT molecular complexity index is 678. The Balaban J connectivity index is 1.77. The van der Waals surface area contributed by atoms with Crippen LogP contribution in [-0.2, 0) is 17.7 Å².